The second-order valence-electron chi connectivity index (χ2n) is 7.14. The fourth-order valence-corrected chi connectivity index (χ4v) is 3.70. The highest BCUT2D eigenvalue weighted by Gasteiger charge is 2.28. The summed E-state index contributed by atoms with van der Waals surface area (Å²) in [6, 6.07) is 10.3. The molecule has 1 saturated carbocycles. The van der Waals surface area contributed by atoms with E-state index >= 15 is 0 Å². The first-order chi connectivity index (χ1) is 12.8. The van der Waals surface area contributed by atoms with Crippen molar-refractivity contribution < 1.29 is 9.53 Å². The van der Waals surface area contributed by atoms with Crippen LogP contribution in [0.2, 0.25) is 0 Å². The number of hydrogen-bond acceptors (Lipinski definition) is 4. The summed E-state index contributed by atoms with van der Waals surface area (Å²) in [5.74, 6) is 1.76. The van der Waals surface area contributed by atoms with E-state index in [4.69, 9.17) is 4.74 Å². The van der Waals surface area contributed by atoms with Crippen LogP contribution in [0.5, 0.6) is 5.75 Å². The molecule has 0 bridgehead atoms. The van der Waals surface area contributed by atoms with E-state index in [-0.39, 0.29) is 11.9 Å². The molecule has 0 saturated heterocycles. The van der Waals surface area contributed by atoms with Gasteiger partial charge in [0.2, 0.25) is 0 Å². The molecule has 4 heteroatoms. The first-order valence-electron chi connectivity index (χ1n) is 9.77. The standard InChI is InChI=1S/C22H27N2O2/c1-2-3-4-8-17-11-13-18(14-12-17)22(25)26-20-10-6-5-9-19(20)21-23-15-7-16-24-21/h5-6,9-10,15-18H,2-4,8,11-14H2,1H3/t17-,18-. The Hall–Kier alpha value is -2.23. The molecule has 1 aromatic heterocycles. The van der Waals surface area contributed by atoms with Crippen molar-refractivity contribution >= 4 is 5.97 Å². The molecule has 3 rings (SSSR count). The lowest BCUT2D eigenvalue weighted by Gasteiger charge is -2.27. The molecular formula is C22H27N2O2. The highest BCUT2D eigenvalue weighted by molar-refractivity contribution is 5.78. The number of carbonyl (C=O) groups is 1. The molecule has 26 heavy (non-hydrogen) atoms. The molecule has 1 heterocycles. The number of ether oxygens (including phenoxy) is 1. The summed E-state index contributed by atoms with van der Waals surface area (Å²) in [7, 11) is 0. The Labute approximate surface area is 156 Å². The van der Waals surface area contributed by atoms with Gasteiger partial charge in [0.1, 0.15) is 5.75 Å². The normalized spacial score (nSPS) is 19.9. The van der Waals surface area contributed by atoms with Gasteiger partial charge in [-0.2, -0.15) is 0 Å². The van der Waals surface area contributed by atoms with Gasteiger partial charge >= 0.3 is 5.97 Å². The molecule has 0 spiro atoms. The first kappa shape index (κ1) is 18.6. The maximum absolute atomic E-state index is 12.6. The summed E-state index contributed by atoms with van der Waals surface area (Å²) < 4.78 is 5.74. The number of unbranched alkanes of at least 4 members (excludes halogenated alkanes) is 2. The predicted molar refractivity (Wildman–Crippen MR) is 102 cm³/mol. The summed E-state index contributed by atoms with van der Waals surface area (Å²) in [4.78, 5) is 21.1. The lowest BCUT2D eigenvalue weighted by molar-refractivity contribution is -0.140. The van der Waals surface area contributed by atoms with Gasteiger partial charge in [-0.1, -0.05) is 44.7 Å². The molecule has 1 aliphatic rings. The molecule has 4 nitrogen and oxygen atoms in total. The molecule has 0 atom stereocenters. The zero-order valence-electron chi connectivity index (χ0n) is 15.5. The molecule has 1 aliphatic carbocycles. The zero-order chi connectivity index (χ0) is 18.2. The monoisotopic (exact) mass is 351 g/mol. The van der Waals surface area contributed by atoms with Crippen molar-refractivity contribution in [1.29, 1.82) is 0 Å². The fraction of sp³-hybridized carbons (Fsp3) is 0.500. The van der Waals surface area contributed by atoms with E-state index in [0.717, 1.165) is 37.2 Å². The van der Waals surface area contributed by atoms with Gasteiger partial charge in [0.15, 0.2) is 5.82 Å². The van der Waals surface area contributed by atoms with Crippen LogP contribution in [0.4, 0.5) is 0 Å². The van der Waals surface area contributed by atoms with Crippen LogP contribution in [0, 0.1) is 17.9 Å². The van der Waals surface area contributed by atoms with Gasteiger partial charge in [0.25, 0.3) is 0 Å². The Morgan fingerprint density at radius 1 is 1.12 bits per heavy atom. The van der Waals surface area contributed by atoms with Gasteiger partial charge in [0, 0.05) is 18.5 Å². The highest BCUT2D eigenvalue weighted by Crippen LogP contribution is 2.34. The smallest absolute Gasteiger partial charge is 0.314 e. The Kier molecular flexibility index (Phi) is 6.75. The molecule has 2 aromatic rings. The van der Waals surface area contributed by atoms with Crippen LogP contribution in [-0.4, -0.2) is 15.9 Å². The third kappa shape index (κ3) is 4.90. The quantitative estimate of drug-likeness (QED) is 0.389. The van der Waals surface area contributed by atoms with E-state index in [0.29, 0.717) is 11.6 Å². The number of carbonyl (C=O) groups excluding carboxylic acids is 1. The lowest BCUT2D eigenvalue weighted by Crippen LogP contribution is -2.26. The third-order valence-corrected chi connectivity index (χ3v) is 5.26. The van der Waals surface area contributed by atoms with E-state index in [1.807, 2.05) is 24.3 Å². The SMILES string of the molecule is CCCCC[C@H]1CC[C@H](C(=O)Oc2ccccc2-c2nc[c]cn2)CC1. The minimum atomic E-state index is -0.119. The van der Waals surface area contributed by atoms with E-state index in [1.165, 1.54) is 25.7 Å². The summed E-state index contributed by atoms with van der Waals surface area (Å²) in [6.07, 6.45) is 12.5. The number of nitrogens with zero attached hydrogens (tertiary/aromatic N) is 2. The van der Waals surface area contributed by atoms with Gasteiger partial charge < -0.3 is 4.74 Å². The van der Waals surface area contributed by atoms with Gasteiger partial charge in [-0.05, 0) is 43.7 Å². The topological polar surface area (TPSA) is 52.1 Å². The van der Waals surface area contributed by atoms with Crippen molar-refractivity contribution in [2.75, 3.05) is 0 Å². The van der Waals surface area contributed by atoms with E-state index < -0.39 is 0 Å². The van der Waals surface area contributed by atoms with E-state index in [9.17, 15) is 4.79 Å². The van der Waals surface area contributed by atoms with Crippen LogP contribution < -0.4 is 4.74 Å². The Balaban J connectivity index is 1.58. The van der Waals surface area contributed by atoms with Gasteiger partial charge in [0.05, 0.1) is 11.5 Å². The molecule has 1 aromatic carbocycles. The Bertz CT molecular complexity index is 694. The first-order valence-corrected chi connectivity index (χ1v) is 9.77. The minimum absolute atomic E-state index is 0.00973. The second kappa shape index (κ2) is 9.46. The molecular weight excluding hydrogens is 324 g/mol. The van der Waals surface area contributed by atoms with Crippen LogP contribution >= 0.6 is 0 Å². The number of aromatic nitrogens is 2. The van der Waals surface area contributed by atoms with Crippen molar-refractivity contribution in [2.45, 2.75) is 58.3 Å². The number of para-hydroxylation sites is 1. The molecule has 0 amide bonds. The third-order valence-electron chi connectivity index (χ3n) is 5.26. The number of benzene rings is 1. The van der Waals surface area contributed by atoms with Crippen LogP contribution in [0.1, 0.15) is 58.3 Å². The molecule has 0 aliphatic heterocycles. The maximum Gasteiger partial charge on any atom is 0.314 e. The van der Waals surface area contributed by atoms with E-state index in [1.54, 1.807) is 12.4 Å². The number of hydrogen-bond donors (Lipinski definition) is 0. The van der Waals surface area contributed by atoms with Crippen LogP contribution in [0.3, 0.4) is 0 Å². The highest BCUT2D eigenvalue weighted by atomic mass is 16.5. The van der Waals surface area contributed by atoms with Crippen LogP contribution in [-0.2, 0) is 4.79 Å². The molecule has 1 radical (unpaired) electrons. The summed E-state index contributed by atoms with van der Waals surface area (Å²) in [5.41, 5.74) is 0.739. The van der Waals surface area contributed by atoms with Crippen LogP contribution in [0.15, 0.2) is 36.7 Å². The zero-order valence-corrected chi connectivity index (χ0v) is 15.5. The van der Waals surface area contributed by atoms with Crippen molar-refractivity contribution in [3.8, 4) is 17.1 Å². The van der Waals surface area contributed by atoms with Crippen molar-refractivity contribution in [2.24, 2.45) is 11.8 Å². The van der Waals surface area contributed by atoms with Crippen molar-refractivity contribution in [3.05, 3.63) is 42.7 Å². The second-order valence-corrected chi connectivity index (χ2v) is 7.14. The van der Waals surface area contributed by atoms with Crippen molar-refractivity contribution in [1.82, 2.24) is 9.97 Å². The lowest BCUT2D eigenvalue weighted by atomic mass is 9.80. The minimum Gasteiger partial charge on any atom is -0.426 e. The largest absolute Gasteiger partial charge is 0.426 e. The van der Waals surface area contributed by atoms with Gasteiger partial charge in [-0.25, -0.2) is 9.97 Å². The van der Waals surface area contributed by atoms with Gasteiger partial charge in [-0.3, -0.25) is 4.79 Å². The summed E-state index contributed by atoms with van der Waals surface area (Å²) >= 11 is 0. The van der Waals surface area contributed by atoms with Gasteiger partial charge in [-0.15, -0.1) is 0 Å². The van der Waals surface area contributed by atoms with Crippen LogP contribution in [0.25, 0.3) is 11.4 Å². The molecule has 0 unspecified atom stereocenters. The van der Waals surface area contributed by atoms with E-state index in [2.05, 4.69) is 23.0 Å². The molecule has 0 N–H and O–H groups in total. The number of rotatable bonds is 7. The average molecular weight is 351 g/mol. The predicted octanol–water partition coefficient (Wildman–Crippen LogP) is 5.24. The summed E-state index contributed by atoms with van der Waals surface area (Å²) in [5, 5.41) is 0. The number of esters is 1. The van der Waals surface area contributed by atoms with Crippen molar-refractivity contribution in [3.63, 3.8) is 0 Å². The summed E-state index contributed by atoms with van der Waals surface area (Å²) in [6.45, 7) is 2.24. The maximum atomic E-state index is 12.6. The fourth-order valence-electron chi connectivity index (χ4n) is 3.70. The molecule has 1 fully saturated rings. The Morgan fingerprint density at radius 2 is 1.85 bits per heavy atom. The Morgan fingerprint density at radius 3 is 2.58 bits per heavy atom. The molecule has 137 valence electrons. The average Bonchev–Trinajstić information content (AvgIpc) is 2.70.